The summed E-state index contributed by atoms with van der Waals surface area (Å²) in [6.45, 7) is 4.34. The molecule has 0 radical (unpaired) electrons. The maximum atomic E-state index is 5.23. The lowest BCUT2D eigenvalue weighted by atomic mass is 9.99. The van der Waals surface area contributed by atoms with Gasteiger partial charge >= 0.3 is 0 Å². The Bertz CT molecular complexity index is 2210. The molecule has 1 unspecified atom stereocenters. The van der Waals surface area contributed by atoms with Gasteiger partial charge in [0.25, 0.3) is 0 Å². The molecule has 8 rings (SSSR count). The zero-order chi connectivity index (χ0) is 31.6. The fourth-order valence-electron chi connectivity index (χ4n) is 6.49. The Balaban J connectivity index is 1.48. The van der Waals surface area contributed by atoms with E-state index in [2.05, 4.69) is 93.9 Å². The van der Waals surface area contributed by atoms with Gasteiger partial charge in [-0.15, -0.1) is 6.58 Å². The second-order valence-corrected chi connectivity index (χ2v) is 11.5. The van der Waals surface area contributed by atoms with E-state index in [1.807, 2.05) is 79.1 Å². The van der Waals surface area contributed by atoms with E-state index < -0.39 is 0 Å². The van der Waals surface area contributed by atoms with E-state index >= 15 is 0 Å². The second-order valence-electron chi connectivity index (χ2n) is 11.5. The fourth-order valence-corrected chi connectivity index (χ4v) is 6.49. The highest BCUT2D eigenvalue weighted by atomic mass is 15.3. The number of fused-ring (bicyclic) bond motifs is 5. The van der Waals surface area contributed by atoms with Crippen LogP contribution in [0.5, 0.6) is 0 Å². The minimum absolute atomic E-state index is 0.139. The zero-order valence-electron chi connectivity index (χ0n) is 25.8. The zero-order valence-corrected chi connectivity index (χ0v) is 25.8. The smallest absolute Gasteiger partial charge is 0.234 e. The van der Waals surface area contributed by atoms with Gasteiger partial charge in [-0.1, -0.05) is 115 Å². The summed E-state index contributed by atoms with van der Waals surface area (Å²) in [5, 5.41) is 2.30. The summed E-state index contributed by atoms with van der Waals surface area (Å²) in [4.78, 5) is 22.0. The first-order chi connectivity index (χ1) is 23.3. The first kappa shape index (κ1) is 28.3. The van der Waals surface area contributed by atoms with Crippen LogP contribution >= 0.6 is 0 Å². The highest BCUT2D eigenvalue weighted by molar-refractivity contribution is 6.16. The van der Waals surface area contributed by atoms with Crippen molar-refractivity contribution in [1.82, 2.24) is 24.5 Å². The van der Waals surface area contributed by atoms with Gasteiger partial charge in [0.15, 0.2) is 11.6 Å². The number of pyridine rings is 1. The van der Waals surface area contributed by atoms with Crippen LogP contribution in [0.2, 0.25) is 0 Å². The van der Waals surface area contributed by atoms with Crippen LogP contribution in [0.4, 0.5) is 11.6 Å². The van der Waals surface area contributed by atoms with Gasteiger partial charge in [0.1, 0.15) is 0 Å². The van der Waals surface area contributed by atoms with Gasteiger partial charge in [-0.2, -0.15) is 9.97 Å². The molecule has 0 saturated heterocycles. The highest BCUT2D eigenvalue weighted by Crippen LogP contribution is 2.44. The lowest BCUT2D eigenvalue weighted by Crippen LogP contribution is -2.32. The molecule has 0 N–H and O–H groups in total. The predicted octanol–water partition coefficient (Wildman–Crippen LogP) is 9.45. The molecule has 0 bridgehead atoms. The van der Waals surface area contributed by atoms with Gasteiger partial charge in [0.2, 0.25) is 5.95 Å². The van der Waals surface area contributed by atoms with Crippen LogP contribution in [0.1, 0.15) is 12.0 Å². The quantitative estimate of drug-likeness (QED) is 0.182. The molecule has 0 aliphatic carbocycles. The molecule has 226 valence electrons. The van der Waals surface area contributed by atoms with Crippen LogP contribution in [0.25, 0.3) is 50.3 Å². The number of nitrogens with zero attached hydrogens (tertiary/aromatic N) is 6. The molecule has 0 spiro atoms. The Hall–Kier alpha value is -6.14. The van der Waals surface area contributed by atoms with E-state index in [1.165, 1.54) is 5.56 Å². The number of para-hydroxylation sites is 1. The Morgan fingerprint density at radius 1 is 0.660 bits per heavy atom. The lowest BCUT2D eigenvalue weighted by Gasteiger charge is -2.32. The summed E-state index contributed by atoms with van der Waals surface area (Å²) in [6, 6.07) is 37.3. The normalized spacial score (nSPS) is 15.4. The van der Waals surface area contributed by atoms with Crippen molar-refractivity contribution >= 4 is 33.4 Å². The maximum Gasteiger partial charge on any atom is 0.234 e. The van der Waals surface area contributed by atoms with Crippen LogP contribution < -0.4 is 4.90 Å². The Morgan fingerprint density at radius 2 is 1.32 bits per heavy atom. The molecular formula is C41H32N6. The van der Waals surface area contributed by atoms with Gasteiger partial charge in [0.05, 0.1) is 22.8 Å². The minimum Gasteiger partial charge on any atom is -0.309 e. The molecule has 0 amide bonds. The molecule has 4 aromatic carbocycles. The third-order valence-electron chi connectivity index (χ3n) is 8.66. The van der Waals surface area contributed by atoms with Crippen molar-refractivity contribution < 1.29 is 0 Å². The van der Waals surface area contributed by atoms with Gasteiger partial charge < -0.3 is 9.47 Å². The van der Waals surface area contributed by atoms with Crippen molar-refractivity contribution in [3.63, 3.8) is 0 Å². The van der Waals surface area contributed by atoms with Crippen molar-refractivity contribution in [2.24, 2.45) is 0 Å². The standard InChI is InChI=1S/C41H32N6/c1-2-32-20-12-4-3-7-15-29-23-24-36-37(34-21-13-14-22-35(34)46(36)33-25-27-42-28-26-33)38(29)47(32)41-44-39(30-16-8-5-9-17-30)43-40(45-41)31-18-10-6-11-19-31/h2-14,16-19,21-28,32H,1,15,20H2/b7-3-,12-4?. The van der Waals surface area contributed by atoms with Crippen LogP contribution in [0.3, 0.4) is 0 Å². The Kier molecular flexibility index (Phi) is 7.44. The monoisotopic (exact) mass is 608 g/mol. The van der Waals surface area contributed by atoms with Gasteiger partial charge in [-0.05, 0) is 42.7 Å². The van der Waals surface area contributed by atoms with Crippen LogP contribution in [-0.4, -0.2) is 30.5 Å². The van der Waals surface area contributed by atoms with Crippen molar-refractivity contribution in [2.45, 2.75) is 18.9 Å². The fraction of sp³-hybridized carbons (Fsp3) is 0.0732. The number of hydrogen-bond acceptors (Lipinski definition) is 5. The minimum atomic E-state index is -0.139. The average molecular weight is 609 g/mol. The van der Waals surface area contributed by atoms with Gasteiger partial charge in [-0.25, -0.2) is 4.98 Å². The van der Waals surface area contributed by atoms with E-state index in [-0.39, 0.29) is 6.04 Å². The molecule has 1 aliphatic heterocycles. The van der Waals surface area contributed by atoms with E-state index in [0.29, 0.717) is 17.6 Å². The van der Waals surface area contributed by atoms with Crippen molar-refractivity contribution in [3.8, 4) is 28.5 Å². The first-order valence-corrected chi connectivity index (χ1v) is 15.9. The van der Waals surface area contributed by atoms with Crippen molar-refractivity contribution in [1.29, 1.82) is 0 Å². The van der Waals surface area contributed by atoms with E-state index in [4.69, 9.17) is 15.0 Å². The third-order valence-corrected chi connectivity index (χ3v) is 8.66. The van der Waals surface area contributed by atoms with Crippen LogP contribution in [0.15, 0.2) is 159 Å². The molecule has 3 aromatic heterocycles. The largest absolute Gasteiger partial charge is 0.309 e. The maximum absolute atomic E-state index is 5.23. The summed E-state index contributed by atoms with van der Waals surface area (Å²) < 4.78 is 2.32. The van der Waals surface area contributed by atoms with Gasteiger partial charge in [-0.3, -0.25) is 4.98 Å². The molecule has 6 heteroatoms. The number of rotatable bonds is 5. The number of allylic oxidation sites excluding steroid dienone is 3. The van der Waals surface area contributed by atoms with E-state index in [9.17, 15) is 0 Å². The van der Waals surface area contributed by atoms with E-state index in [0.717, 1.165) is 57.1 Å². The molecule has 0 saturated carbocycles. The molecule has 4 heterocycles. The molecule has 6 nitrogen and oxygen atoms in total. The van der Waals surface area contributed by atoms with E-state index in [1.54, 1.807) is 0 Å². The molecular weight excluding hydrogens is 576 g/mol. The first-order valence-electron chi connectivity index (χ1n) is 15.9. The molecule has 1 atom stereocenters. The van der Waals surface area contributed by atoms with Crippen molar-refractivity contribution in [2.75, 3.05) is 4.90 Å². The number of hydrogen-bond donors (Lipinski definition) is 0. The molecule has 0 fully saturated rings. The Morgan fingerprint density at radius 3 is 2.02 bits per heavy atom. The van der Waals surface area contributed by atoms with Crippen molar-refractivity contribution in [3.05, 3.63) is 164 Å². The van der Waals surface area contributed by atoms with Gasteiger partial charge in [0, 0.05) is 40.0 Å². The SMILES string of the molecule is C=CC1CC=C/C=C\Cc2ccc3c(c2N1c1nc(-c2ccccc2)nc(-c2ccccc2)n1)c1ccccc1n3-c1ccncc1. The number of benzene rings is 4. The highest BCUT2D eigenvalue weighted by Gasteiger charge is 2.29. The third kappa shape index (κ3) is 5.20. The summed E-state index contributed by atoms with van der Waals surface area (Å²) in [5.41, 5.74) is 7.38. The Labute approximate surface area is 273 Å². The molecule has 7 aromatic rings. The number of aromatic nitrogens is 5. The molecule has 1 aliphatic rings. The lowest BCUT2D eigenvalue weighted by molar-refractivity contribution is 0.764. The summed E-state index contributed by atoms with van der Waals surface area (Å²) >= 11 is 0. The summed E-state index contributed by atoms with van der Waals surface area (Å²) in [6.07, 6.45) is 15.8. The number of anilines is 2. The summed E-state index contributed by atoms with van der Waals surface area (Å²) in [5.74, 6) is 1.82. The second kappa shape index (κ2) is 12.3. The van der Waals surface area contributed by atoms with Crippen LogP contribution in [0, 0.1) is 0 Å². The predicted molar refractivity (Wildman–Crippen MR) is 192 cm³/mol. The van der Waals surface area contributed by atoms with Crippen LogP contribution in [-0.2, 0) is 6.42 Å². The topological polar surface area (TPSA) is 59.7 Å². The summed E-state index contributed by atoms with van der Waals surface area (Å²) in [7, 11) is 0. The molecule has 47 heavy (non-hydrogen) atoms. The average Bonchev–Trinajstić information content (AvgIpc) is 3.48.